The van der Waals surface area contributed by atoms with Gasteiger partial charge in [-0.15, -0.1) is 0 Å². The first kappa shape index (κ1) is 17.7. The monoisotopic (exact) mass is 342 g/mol. The summed E-state index contributed by atoms with van der Waals surface area (Å²) in [6, 6.07) is 11.7. The van der Waals surface area contributed by atoms with Crippen LogP contribution in [-0.4, -0.2) is 37.1 Å². The van der Waals surface area contributed by atoms with Gasteiger partial charge in [0.15, 0.2) is 0 Å². The lowest BCUT2D eigenvalue weighted by Crippen LogP contribution is -2.35. The first-order chi connectivity index (χ1) is 12.2. The number of hydrogen-bond acceptors (Lipinski definition) is 4. The average Bonchev–Trinajstić information content (AvgIpc) is 3.15. The van der Waals surface area contributed by atoms with Crippen molar-refractivity contribution >= 4 is 5.91 Å². The molecule has 1 saturated heterocycles. The molecule has 3 rings (SSSR count). The largest absolute Gasteiger partial charge is 0.468 e. The molecule has 5 nitrogen and oxygen atoms in total. The second-order valence-corrected chi connectivity index (χ2v) is 6.51. The van der Waals surface area contributed by atoms with Gasteiger partial charge in [0.05, 0.1) is 18.9 Å². The molecule has 134 valence electrons. The zero-order valence-electron chi connectivity index (χ0n) is 14.7. The van der Waals surface area contributed by atoms with Crippen molar-refractivity contribution in [2.24, 2.45) is 0 Å². The lowest BCUT2D eigenvalue weighted by Gasteiger charge is -2.29. The van der Waals surface area contributed by atoms with Crippen LogP contribution in [0.15, 0.2) is 47.1 Å². The Hall–Kier alpha value is -2.11. The first-order valence-corrected chi connectivity index (χ1v) is 8.92. The molecule has 1 aliphatic rings. The highest BCUT2D eigenvalue weighted by Gasteiger charge is 2.19. The lowest BCUT2D eigenvalue weighted by molar-refractivity contribution is -0.00973. The summed E-state index contributed by atoms with van der Waals surface area (Å²) in [6.07, 6.45) is 5.51. The summed E-state index contributed by atoms with van der Waals surface area (Å²) in [5.41, 5.74) is 1.86. The number of ether oxygens (including phenoxy) is 1. The minimum atomic E-state index is -0.0606. The molecule has 0 saturated carbocycles. The van der Waals surface area contributed by atoms with Crippen LogP contribution in [0.2, 0.25) is 0 Å². The van der Waals surface area contributed by atoms with E-state index in [9.17, 15) is 4.79 Å². The highest BCUT2D eigenvalue weighted by molar-refractivity contribution is 5.93. The van der Waals surface area contributed by atoms with E-state index in [4.69, 9.17) is 9.15 Å². The Labute approximate surface area is 149 Å². The van der Waals surface area contributed by atoms with Crippen LogP contribution in [-0.2, 0) is 17.8 Å². The molecule has 1 aromatic carbocycles. The fraction of sp³-hybridized carbons (Fsp3) is 0.450. The molecule has 2 aromatic rings. The molecule has 1 atom stereocenters. The van der Waals surface area contributed by atoms with Crippen LogP contribution in [0.4, 0.5) is 0 Å². The summed E-state index contributed by atoms with van der Waals surface area (Å²) in [7, 11) is 1.64. The quantitative estimate of drug-likeness (QED) is 0.839. The van der Waals surface area contributed by atoms with Crippen molar-refractivity contribution in [2.45, 2.75) is 38.5 Å². The molecule has 1 aromatic heterocycles. The van der Waals surface area contributed by atoms with E-state index in [1.807, 2.05) is 36.4 Å². The Morgan fingerprint density at radius 1 is 1.20 bits per heavy atom. The van der Waals surface area contributed by atoms with Gasteiger partial charge in [0, 0.05) is 32.3 Å². The van der Waals surface area contributed by atoms with Crippen LogP contribution >= 0.6 is 0 Å². The molecule has 1 unspecified atom stereocenters. The molecule has 1 N–H and O–H groups in total. The third-order valence-corrected chi connectivity index (χ3v) is 4.54. The Morgan fingerprint density at radius 3 is 2.68 bits per heavy atom. The normalized spacial score (nSPS) is 17.6. The Kier molecular flexibility index (Phi) is 6.25. The topological polar surface area (TPSA) is 54.7 Å². The Bertz CT molecular complexity index is 646. The van der Waals surface area contributed by atoms with E-state index >= 15 is 0 Å². The van der Waals surface area contributed by atoms with Gasteiger partial charge in [-0.3, -0.25) is 9.69 Å². The molecule has 0 spiro atoms. The van der Waals surface area contributed by atoms with Crippen LogP contribution < -0.4 is 5.32 Å². The van der Waals surface area contributed by atoms with Crippen molar-refractivity contribution in [3.63, 3.8) is 0 Å². The van der Waals surface area contributed by atoms with Crippen LogP contribution in [0, 0.1) is 0 Å². The summed E-state index contributed by atoms with van der Waals surface area (Å²) in [5, 5.41) is 2.65. The van der Waals surface area contributed by atoms with Crippen molar-refractivity contribution < 1.29 is 13.9 Å². The predicted octanol–water partition coefficient (Wildman–Crippen LogP) is 3.21. The summed E-state index contributed by atoms with van der Waals surface area (Å²) < 4.78 is 11.4. The summed E-state index contributed by atoms with van der Waals surface area (Å²) in [6.45, 7) is 3.30. The molecule has 0 aliphatic carbocycles. The van der Waals surface area contributed by atoms with E-state index in [1.165, 1.54) is 12.0 Å². The smallest absolute Gasteiger partial charge is 0.251 e. The second kappa shape index (κ2) is 8.83. The molecule has 25 heavy (non-hydrogen) atoms. The number of rotatable bonds is 7. The molecular weight excluding hydrogens is 316 g/mol. The summed E-state index contributed by atoms with van der Waals surface area (Å²) >= 11 is 0. The number of nitrogens with zero attached hydrogens (tertiary/aromatic N) is 1. The number of carbonyl (C=O) groups is 1. The predicted molar refractivity (Wildman–Crippen MR) is 96.2 cm³/mol. The second-order valence-electron chi connectivity index (χ2n) is 6.51. The molecule has 1 aliphatic heterocycles. The van der Waals surface area contributed by atoms with Gasteiger partial charge in [-0.2, -0.15) is 0 Å². The van der Waals surface area contributed by atoms with Crippen molar-refractivity contribution in [3.8, 4) is 0 Å². The molecule has 0 bridgehead atoms. The number of furan rings is 1. The van der Waals surface area contributed by atoms with E-state index in [-0.39, 0.29) is 12.0 Å². The molecular formula is C20H26N2O3. The fourth-order valence-corrected chi connectivity index (χ4v) is 3.21. The van der Waals surface area contributed by atoms with Gasteiger partial charge >= 0.3 is 0 Å². The van der Waals surface area contributed by atoms with Crippen molar-refractivity contribution in [3.05, 3.63) is 59.5 Å². The number of amides is 1. The summed E-state index contributed by atoms with van der Waals surface area (Å²) in [5.74, 6) is 0.896. The maximum atomic E-state index is 11.7. The summed E-state index contributed by atoms with van der Waals surface area (Å²) in [4.78, 5) is 14.0. The van der Waals surface area contributed by atoms with Crippen LogP contribution in [0.1, 0.15) is 40.9 Å². The van der Waals surface area contributed by atoms with E-state index in [0.29, 0.717) is 5.56 Å². The maximum absolute atomic E-state index is 11.7. The highest BCUT2D eigenvalue weighted by Crippen LogP contribution is 2.18. The van der Waals surface area contributed by atoms with Gasteiger partial charge in [-0.25, -0.2) is 0 Å². The van der Waals surface area contributed by atoms with Gasteiger partial charge in [0.25, 0.3) is 5.91 Å². The van der Waals surface area contributed by atoms with Crippen LogP contribution in [0.5, 0.6) is 0 Å². The van der Waals surface area contributed by atoms with Crippen molar-refractivity contribution in [2.75, 3.05) is 20.2 Å². The number of carbonyl (C=O) groups excluding carboxylic acids is 1. The Morgan fingerprint density at radius 2 is 2.04 bits per heavy atom. The first-order valence-electron chi connectivity index (χ1n) is 8.92. The number of benzene rings is 1. The van der Waals surface area contributed by atoms with Crippen molar-refractivity contribution in [1.29, 1.82) is 0 Å². The SMILES string of the molecule is CNC(=O)c1ccc(CN(Cc2ccco2)CC2CCCCO2)cc1. The van der Waals surface area contributed by atoms with E-state index in [0.717, 1.165) is 44.8 Å². The van der Waals surface area contributed by atoms with Crippen molar-refractivity contribution in [1.82, 2.24) is 10.2 Å². The molecule has 1 fully saturated rings. The van der Waals surface area contributed by atoms with Gasteiger partial charge in [0.1, 0.15) is 5.76 Å². The van der Waals surface area contributed by atoms with Gasteiger partial charge < -0.3 is 14.5 Å². The van der Waals surface area contributed by atoms with E-state index < -0.39 is 0 Å². The zero-order chi connectivity index (χ0) is 17.5. The van der Waals surface area contributed by atoms with Crippen LogP contribution in [0.25, 0.3) is 0 Å². The minimum Gasteiger partial charge on any atom is -0.468 e. The molecule has 1 amide bonds. The third-order valence-electron chi connectivity index (χ3n) is 4.54. The van der Waals surface area contributed by atoms with E-state index in [2.05, 4.69) is 10.2 Å². The van der Waals surface area contributed by atoms with Gasteiger partial charge in [0.2, 0.25) is 0 Å². The zero-order valence-corrected chi connectivity index (χ0v) is 14.7. The molecule has 5 heteroatoms. The van der Waals surface area contributed by atoms with E-state index in [1.54, 1.807) is 13.3 Å². The maximum Gasteiger partial charge on any atom is 0.251 e. The highest BCUT2D eigenvalue weighted by atomic mass is 16.5. The van der Waals surface area contributed by atoms with Crippen LogP contribution in [0.3, 0.4) is 0 Å². The molecule has 2 heterocycles. The third kappa shape index (κ3) is 5.18. The minimum absolute atomic E-state index is 0.0606. The number of nitrogens with one attached hydrogen (secondary N) is 1. The average molecular weight is 342 g/mol. The van der Waals surface area contributed by atoms with Gasteiger partial charge in [-0.1, -0.05) is 12.1 Å². The lowest BCUT2D eigenvalue weighted by atomic mass is 10.1. The molecule has 0 radical (unpaired) electrons. The Balaban J connectivity index is 1.66. The fourth-order valence-electron chi connectivity index (χ4n) is 3.21. The van der Waals surface area contributed by atoms with Gasteiger partial charge in [-0.05, 0) is 49.1 Å². The standard InChI is InChI=1S/C20H26N2O3/c1-21-20(23)17-9-7-16(8-10-17)13-22(15-19-6-4-12-25-19)14-18-5-2-3-11-24-18/h4,6-10,12,18H,2-3,5,11,13-15H2,1H3,(H,21,23). The number of hydrogen-bond donors (Lipinski definition) is 1.